The van der Waals surface area contributed by atoms with E-state index in [1.165, 1.54) is 0 Å². The zero-order valence-corrected chi connectivity index (χ0v) is 12.6. The highest BCUT2D eigenvalue weighted by Crippen LogP contribution is 2.27. The summed E-state index contributed by atoms with van der Waals surface area (Å²) < 4.78 is 0. The molecule has 1 aliphatic rings. The second-order valence-corrected chi connectivity index (χ2v) is 6.21. The van der Waals surface area contributed by atoms with Crippen LogP contribution >= 0.6 is 23.4 Å². The van der Waals surface area contributed by atoms with Crippen molar-refractivity contribution in [3.63, 3.8) is 0 Å². The van der Waals surface area contributed by atoms with E-state index < -0.39 is 0 Å². The molecule has 3 nitrogen and oxygen atoms in total. The second-order valence-electron chi connectivity index (χ2n) is 4.67. The molecule has 0 radical (unpaired) electrons. The Morgan fingerprint density at radius 3 is 3.05 bits per heavy atom. The molecule has 1 aromatic rings. The summed E-state index contributed by atoms with van der Waals surface area (Å²) in [6.45, 7) is 4.69. The van der Waals surface area contributed by atoms with E-state index in [0.29, 0.717) is 12.5 Å². The summed E-state index contributed by atoms with van der Waals surface area (Å²) in [7, 11) is 0. The smallest absolute Gasteiger partial charge is 0.223 e. The second kappa shape index (κ2) is 7.17. The third-order valence-electron chi connectivity index (χ3n) is 3.23. The minimum Gasteiger partial charge on any atom is -0.337 e. The van der Waals surface area contributed by atoms with E-state index in [2.05, 4.69) is 12.2 Å². The number of rotatable bonds is 4. The van der Waals surface area contributed by atoms with Gasteiger partial charge in [0.05, 0.1) is 5.02 Å². The van der Waals surface area contributed by atoms with Crippen LogP contribution in [0.2, 0.25) is 5.02 Å². The maximum atomic E-state index is 12.1. The van der Waals surface area contributed by atoms with E-state index >= 15 is 0 Å². The lowest BCUT2D eigenvalue weighted by atomic mass is 10.2. The van der Waals surface area contributed by atoms with Gasteiger partial charge in [-0.25, -0.2) is 0 Å². The summed E-state index contributed by atoms with van der Waals surface area (Å²) in [4.78, 5) is 15.2. The number of halogens is 1. The summed E-state index contributed by atoms with van der Waals surface area (Å²) in [6.07, 6.45) is 0.570. The molecule has 1 amide bonds. The number of thioether (sulfide) groups is 1. The molecule has 1 aromatic carbocycles. The van der Waals surface area contributed by atoms with Crippen LogP contribution in [0.5, 0.6) is 0 Å². The van der Waals surface area contributed by atoms with Crippen LogP contribution in [0, 0.1) is 0 Å². The van der Waals surface area contributed by atoms with Gasteiger partial charge >= 0.3 is 0 Å². The molecule has 1 fully saturated rings. The monoisotopic (exact) mass is 298 g/mol. The van der Waals surface area contributed by atoms with Crippen molar-refractivity contribution in [1.29, 1.82) is 0 Å². The van der Waals surface area contributed by atoms with Crippen LogP contribution in [0.4, 0.5) is 0 Å². The van der Waals surface area contributed by atoms with Crippen LogP contribution in [0.25, 0.3) is 0 Å². The molecule has 0 aliphatic carbocycles. The van der Waals surface area contributed by atoms with Gasteiger partial charge in [-0.05, 0) is 19.1 Å². The molecule has 104 valence electrons. The molecular weight excluding hydrogens is 280 g/mol. The summed E-state index contributed by atoms with van der Waals surface area (Å²) in [5.41, 5.74) is 0. The van der Waals surface area contributed by atoms with Crippen LogP contribution in [0.3, 0.4) is 0 Å². The number of carbonyl (C=O) groups excluding carboxylic acids is 1. The molecule has 1 atom stereocenters. The summed E-state index contributed by atoms with van der Waals surface area (Å²) in [5, 5.41) is 4.05. The number of hydrogen-bond donors (Lipinski definition) is 1. The average molecular weight is 299 g/mol. The Hall–Kier alpha value is -0.710. The van der Waals surface area contributed by atoms with E-state index in [4.69, 9.17) is 11.6 Å². The lowest BCUT2D eigenvalue weighted by Crippen LogP contribution is -2.52. The number of amides is 1. The number of nitrogens with one attached hydrogen (secondary N) is 1. The van der Waals surface area contributed by atoms with Crippen LogP contribution in [0.1, 0.15) is 13.3 Å². The van der Waals surface area contributed by atoms with Crippen molar-refractivity contribution in [2.45, 2.75) is 24.3 Å². The SMILES string of the molecule is CC1CNCCN1C(=O)CCSc1ccccc1Cl. The number of piperazine rings is 1. The predicted octanol–water partition coefficient (Wildman–Crippen LogP) is 2.64. The van der Waals surface area contributed by atoms with E-state index in [1.54, 1.807) is 11.8 Å². The van der Waals surface area contributed by atoms with Gasteiger partial charge in [-0.15, -0.1) is 11.8 Å². The van der Waals surface area contributed by atoms with Gasteiger partial charge in [-0.1, -0.05) is 23.7 Å². The van der Waals surface area contributed by atoms with Crippen molar-refractivity contribution >= 4 is 29.3 Å². The Kier molecular flexibility index (Phi) is 5.55. The molecule has 1 saturated heterocycles. The molecule has 1 aliphatic heterocycles. The molecule has 5 heteroatoms. The van der Waals surface area contributed by atoms with Gasteiger partial charge in [0.15, 0.2) is 0 Å². The van der Waals surface area contributed by atoms with Crippen molar-refractivity contribution in [2.24, 2.45) is 0 Å². The van der Waals surface area contributed by atoms with Gasteiger partial charge in [0.1, 0.15) is 0 Å². The van der Waals surface area contributed by atoms with Crippen molar-refractivity contribution in [3.8, 4) is 0 Å². The lowest BCUT2D eigenvalue weighted by Gasteiger charge is -2.34. The van der Waals surface area contributed by atoms with E-state index in [0.717, 1.165) is 35.3 Å². The zero-order chi connectivity index (χ0) is 13.7. The standard InChI is InChI=1S/C14H19ClN2OS/c1-11-10-16-7-8-17(11)14(18)6-9-19-13-5-3-2-4-12(13)15/h2-5,11,16H,6-10H2,1H3. The Balaban J connectivity index is 1.79. The number of carbonyl (C=O) groups is 1. The van der Waals surface area contributed by atoms with Crippen molar-refractivity contribution in [3.05, 3.63) is 29.3 Å². The third-order valence-corrected chi connectivity index (χ3v) is 4.75. The Bertz CT molecular complexity index is 441. The van der Waals surface area contributed by atoms with Gasteiger partial charge in [-0.3, -0.25) is 4.79 Å². The first-order valence-corrected chi connectivity index (χ1v) is 7.92. The lowest BCUT2D eigenvalue weighted by molar-refractivity contribution is -0.133. The molecule has 0 saturated carbocycles. The predicted molar refractivity (Wildman–Crippen MR) is 80.8 cm³/mol. The molecule has 2 rings (SSSR count). The Labute approximate surface area is 123 Å². The summed E-state index contributed by atoms with van der Waals surface area (Å²) in [6, 6.07) is 8.05. The highest BCUT2D eigenvalue weighted by atomic mass is 35.5. The van der Waals surface area contributed by atoms with Crippen molar-refractivity contribution < 1.29 is 4.79 Å². The minimum atomic E-state index is 0.244. The summed E-state index contributed by atoms with van der Waals surface area (Å²) >= 11 is 7.73. The Morgan fingerprint density at radius 1 is 1.53 bits per heavy atom. The van der Waals surface area contributed by atoms with E-state index in [9.17, 15) is 4.79 Å². The first kappa shape index (κ1) is 14.7. The first-order valence-electron chi connectivity index (χ1n) is 6.56. The number of benzene rings is 1. The third kappa shape index (κ3) is 4.13. The average Bonchev–Trinajstić information content (AvgIpc) is 2.41. The molecular formula is C14H19ClN2OS. The summed E-state index contributed by atoms with van der Waals surface area (Å²) in [5.74, 6) is 1.02. The maximum Gasteiger partial charge on any atom is 0.223 e. The number of hydrogen-bond acceptors (Lipinski definition) is 3. The highest BCUT2D eigenvalue weighted by Gasteiger charge is 2.22. The zero-order valence-electron chi connectivity index (χ0n) is 11.1. The van der Waals surface area contributed by atoms with Crippen molar-refractivity contribution in [2.75, 3.05) is 25.4 Å². The van der Waals surface area contributed by atoms with Crippen LogP contribution in [-0.4, -0.2) is 42.2 Å². The minimum absolute atomic E-state index is 0.244. The molecule has 1 unspecified atom stereocenters. The van der Waals surface area contributed by atoms with Gasteiger partial charge in [-0.2, -0.15) is 0 Å². The number of nitrogens with zero attached hydrogens (tertiary/aromatic N) is 1. The molecule has 0 aromatic heterocycles. The fourth-order valence-electron chi connectivity index (χ4n) is 2.17. The maximum absolute atomic E-state index is 12.1. The first-order chi connectivity index (χ1) is 9.18. The van der Waals surface area contributed by atoms with Crippen LogP contribution < -0.4 is 5.32 Å². The van der Waals surface area contributed by atoms with Gasteiger partial charge < -0.3 is 10.2 Å². The quantitative estimate of drug-likeness (QED) is 0.867. The molecule has 0 spiro atoms. The molecule has 0 bridgehead atoms. The van der Waals surface area contributed by atoms with Gasteiger partial charge in [0, 0.05) is 42.7 Å². The van der Waals surface area contributed by atoms with Crippen LogP contribution in [-0.2, 0) is 4.79 Å². The normalized spacial score (nSPS) is 19.5. The molecule has 1 heterocycles. The van der Waals surface area contributed by atoms with Gasteiger partial charge in [0.2, 0.25) is 5.91 Å². The topological polar surface area (TPSA) is 32.3 Å². The molecule has 1 N–H and O–H groups in total. The van der Waals surface area contributed by atoms with Crippen LogP contribution in [0.15, 0.2) is 29.2 Å². The fraction of sp³-hybridized carbons (Fsp3) is 0.500. The van der Waals surface area contributed by atoms with E-state index in [-0.39, 0.29) is 5.91 Å². The van der Waals surface area contributed by atoms with Gasteiger partial charge in [0.25, 0.3) is 0 Å². The molecule has 19 heavy (non-hydrogen) atoms. The van der Waals surface area contributed by atoms with E-state index in [1.807, 2.05) is 29.2 Å². The van der Waals surface area contributed by atoms with Crippen molar-refractivity contribution in [1.82, 2.24) is 10.2 Å². The fourth-order valence-corrected chi connectivity index (χ4v) is 3.34. The highest BCUT2D eigenvalue weighted by molar-refractivity contribution is 7.99. The Morgan fingerprint density at radius 2 is 2.32 bits per heavy atom. The largest absolute Gasteiger partial charge is 0.337 e.